The second kappa shape index (κ2) is 6.92. The second-order valence-electron chi connectivity index (χ2n) is 7.18. The third kappa shape index (κ3) is 4.44. The molecule has 0 atom stereocenters. The summed E-state index contributed by atoms with van der Waals surface area (Å²) in [5.41, 5.74) is 0.909. The summed E-state index contributed by atoms with van der Waals surface area (Å²) in [6.07, 6.45) is -4.36. The molecule has 0 bridgehead atoms. The fourth-order valence-corrected chi connectivity index (χ4v) is 3.25. The van der Waals surface area contributed by atoms with Crippen LogP contribution in [0.4, 0.5) is 13.2 Å². The molecule has 0 amide bonds. The van der Waals surface area contributed by atoms with Crippen LogP contribution in [0.25, 0.3) is 10.6 Å². The van der Waals surface area contributed by atoms with Crippen LogP contribution in [-0.4, -0.2) is 14.8 Å². The zero-order valence-electron chi connectivity index (χ0n) is 15.0. The van der Waals surface area contributed by atoms with Gasteiger partial charge in [0.05, 0.1) is 23.5 Å². The summed E-state index contributed by atoms with van der Waals surface area (Å²) in [5.74, 6) is 0. The van der Waals surface area contributed by atoms with E-state index in [1.54, 1.807) is 11.4 Å². The van der Waals surface area contributed by atoms with E-state index in [1.165, 1.54) is 34.2 Å². The van der Waals surface area contributed by atoms with Crippen LogP contribution in [0.3, 0.4) is 0 Å². The van der Waals surface area contributed by atoms with E-state index in [-0.39, 0.29) is 17.5 Å². The van der Waals surface area contributed by atoms with Crippen molar-refractivity contribution >= 4 is 11.3 Å². The summed E-state index contributed by atoms with van der Waals surface area (Å²) in [4.78, 5) is 16.5. The molecule has 0 saturated carbocycles. The smallest absolute Gasteiger partial charge is 0.268 e. The van der Waals surface area contributed by atoms with Gasteiger partial charge < -0.3 is 0 Å². The molecule has 0 aliphatic heterocycles. The second-order valence-corrected chi connectivity index (χ2v) is 8.04. The van der Waals surface area contributed by atoms with E-state index in [4.69, 9.17) is 0 Å². The average molecular weight is 393 g/mol. The zero-order valence-corrected chi connectivity index (χ0v) is 15.9. The molecule has 0 radical (unpaired) electrons. The minimum Gasteiger partial charge on any atom is -0.268 e. The summed E-state index contributed by atoms with van der Waals surface area (Å²) in [7, 11) is 0. The Labute approximate surface area is 158 Å². The Hall–Kier alpha value is -2.48. The Balaban J connectivity index is 1.84. The van der Waals surface area contributed by atoms with Crippen LogP contribution in [0.1, 0.15) is 37.7 Å². The van der Waals surface area contributed by atoms with E-state index in [2.05, 4.69) is 10.1 Å². The Bertz CT molecular complexity index is 999. The highest BCUT2D eigenvalue weighted by Gasteiger charge is 2.30. The Kier molecular flexibility index (Phi) is 4.94. The molecule has 0 aliphatic carbocycles. The van der Waals surface area contributed by atoms with Crippen molar-refractivity contribution in [3.05, 3.63) is 69.1 Å². The number of alkyl halides is 3. The lowest BCUT2D eigenvalue weighted by Crippen LogP contribution is -2.27. The summed E-state index contributed by atoms with van der Waals surface area (Å²) in [6, 6.07) is 8.07. The van der Waals surface area contributed by atoms with Gasteiger partial charge in [0.2, 0.25) is 0 Å². The van der Waals surface area contributed by atoms with Crippen molar-refractivity contribution in [2.75, 3.05) is 0 Å². The molecule has 0 N–H and O–H groups in total. The highest BCUT2D eigenvalue weighted by Crippen LogP contribution is 2.31. The van der Waals surface area contributed by atoms with Gasteiger partial charge in [-0.25, -0.2) is 9.67 Å². The molecule has 0 aliphatic rings. The highest BCUT2D eigenvalue weighted by molar-refractivity contribution is 7.13. The van der Waals surface area contributed by atoms with Crippen molar-refractivity contribution in [3.63, 3.8) is 0 Å². The zero-order chi connectivity index (χ0) is 19.8. The van der Waals surface area contributed by atoms with Gasteiger partial charge in [0.25, 0.3) is 5.56 Å². The van der Waals surface area contributed by atoms with Gasteiger partial charge in [-0.05, 0) is 18.2 Å². The standard InChI is InChI=1S/C19H18F3N3OS/c1-18(2,3)15-8-9-16(26)25(24-15)10-14-11-27-17(23-14)12-4-6-13(7-5-12)19(20,21)22/h4-9,11H,10H2,1-3H3. The number of rotatable bonds is 3. The SMILES string of the molecule is CC(C)(C)c1ccc(=O)n(Cc2csc(-c3ccc(C(F)(F)F)cc3)n2)n1. The van der Waals surface area contributed by atoms with Crippen LogP contribution in [0.15, 0.2) is 46.6 Å². The number of halogens is 3. The lowest BCUT2D eigenvalue weighted by molar-refractivity contribution is -0.137. The quantitative estimate of drug-likeness (QED) is 0.646. The first kappa shape index (κ1) is 19.3. The van der Waals surface area contributed by atoms with Crippen molar-refractivity contribution in [2.24, 2.45) is 0 Å². The van der Waals surface area contributed by atoms with Crippen molar-refractivity contribution in [3.8, 4) is 10.6 Å². The lowest BCUT2D eigenvalue weighted by Gasteiger charge is -2.18. The molecule has 0 unspecified atom stereocenters. The lowest BCUT2D eigenvalue weighted by atomic mass is 9.92. The van der Waals surface area contributed by atoms with E-state index >= 15 is 0 Å². The summed E-state index contributed by atoms with van der Waals surface area (Å²) >= 11 is 1.32. The minimum atomic E-state index is -4.36. The molecular weight excluding hydrogens is 375 g/mol. The van der Waals surface area contributed by atoms with Gasteiger partial charge in [-0.3, -0.25) is 4.79 Å². The van der Waals surface area contributed by atoms with E-state index < -0.39 is 11.7 Å². The summed E-state index contributed by atoms with van der Waals surface area (Å²) in [5, 5.41) is 6.78. The molecule has 27 heavy (non-hydrogen) atoms. The van der Waals surface area contributed by atoms with Crippen molar-refractivity contribution in [1.29, 1.82) is 0 Å². The van der Waals surface area contributed by atoms with Gasteiger partial charge in [0.15, 0.2) is 0 Å². The Morgan fingerprint density at radius 3 is 2.30 bits per heavy atom. The fourth-order valence-electron chi connectivity index (χ4n) is 2.43. The van der Waals surface area contributed by atoms with Gasteiger partial charge in [-0.2, -0.15) is 18.3 Å². The predicted octanol–water partition coefficient (Wildman–Crippen LogP) is 4.73. The summed E-state index contributed by atoms with van der Waals surface area (Å²) in [6.45, 7) is 6.24. The maximum absolute atomic E-state index is 12.7. The normalized spacial score (nSPS) is 12.4. The van der Waals surface area contributed by atoms with E-state index in [0.717, 1.165) is 17.8 Å². The third-order valence-corrected chi connectivity index (χ3v) is 4.90. The maximum Gasteiger partial charge on any atom is 0.416 e. The van der Waals surface area contributed by atoms with E-state index in [0.29, 0.717) is 16.3 Å². The van der Waals surface area contributed by atoms with Gasteiger partial charge in [0, 0.05) is 22.4 Å². The Morgan fingerprint density at radius 2 is 1.70 bits per heavy atom. The highest BCUT2D eigenvalue weighted by atomic mass is 32.1. The maximum atomic E-state index is 12.7. The predicted molar refractivity (Wildman–Crippen MR) is 98.9 cm³/mol. The topological polar surface area (TPSA) is 47.8 Å². The molecule has 2 heterocycles. The minimum absolute atomic E-state index is 0.192. The first-order valence-electron chi connectivity index (χ1n) is 8.25. The fraction of sp³-hybridized carbons (Fsp3) is 0.316. The van der Waals surface area contributed by atoms with Crippen LogP contribution >= 0.6 is 11.3 Å². The number of thiazole rings is 1. The molecule has 3 rings (SSSR count). The van der Waals surface area contributed by atoms with Gasteiger partial charge in [-0.15, -0.1) is 11.3 Å². The molecule has 142 valence electrons. The molecule has 1 aromatic carbocycles. The van der Waals surface area contributed by atoms with Gasteiger partial charge in [-0.1, -0.05) is 32.9 Å². The van der Waals surface area contributed by atoms with Crippen LogP contribution in [-0.2, 0) is 18.1 Å². The van der Waals surface area contributed by atoms with Crippen LogP contribution in [0.2, 0.25) is 0 Å². The molecule has 0 saturated heterocycles. The van der Waals surface area contributed by atoms with Gasteiger partial charge >= 0.3 is 6.18 Å². The molecule has 3 aromatic rings. The van der Waals surface area contributed by atoms with E-state index in [9.17, 15) is 18.0 Å². The van der Waals surface area contributed by atoms with Crippen molar-refractivity contribution < 1.29 is 13.2 Å². The number of aromatic nitrogens is 3. The first-order valence-corrected chi connectivity index (χ1v) is 9.13. The molecule has 0 spiro atoms. The Morgan fingerprint density at radius 1 is 1.04 bits per heavy atom. The third-order valence-electron chi connectivity index (χ3n) is 3.96. The molecule has 8 heteroatoms. The summed E-state index contributed by atoms with van der Waals surface area (Å²) < 4.78 is 39.4. The molecular formula is C19H18F3N3OS. The number of hydrogen-bond donors (Lipinski definition) is 0. The van der Waals surface area contributed by atoms with Crippen LogP contribution in [0.5, 0.6) is 0 Å². The number of benzene rings is 1. The number of hydrogen-bond acceptors (Lipinski definition) is 4. The van der Waals surface area contributed by atoms with Crippen molar-refractivity contribution in [1.82, 2.24) is 14.8 Å². The van der Waals surface area contributed by atoms with Crippen molar-refractivity contribution in [2.45, 2.75) is 38.9 Å². The molecule has 4 nitrogen and oxygen atoms in total. The largest absolute Gasteiger partial charge is 0.416 e. The monoisotopic (exact) mass is 393 g/mol. The average Bonchev–Trinajstić information content (AvgIpc) is 3.04. The van der Waals surface area contributed by atoms with Crippen LogP contribution in [0, 0.1) is 0 Å². The molecule has 2 aromatic heterocycles. The van der Waals surface area contributed by atoms with Gasteiger partial charge in [0.1, 0.15) is 5.01 Å². The number of nitrogens with zero attached hydrogens (tertiary/aromatic N) is 3. The van der Waals surface area contributed by atoms with E-state index in [1.807, 2.05) is 20.8 Å². The molecule has 0 fully saturated rings. The first-order chi connectivity index (χ1) is 12.5. The van der Waals surface area contributed by atoms with Crippen LogP contribution < -0.4 is 5.56 Å².